The average Bonchev–Trinajstić information content (AvgIpc) is 2.35. The fourth-order valence-electron chi connectivity index (χ4n) is 0.816. The molecule has 0 saturated carbocycles. The van der Waals surface area contributed by atoms with Gasteiger partial charge < -0.3 is 15.4 Å². The highest BCUT2D eigenvalue weighted by Gasteiger charge is 1.97. The van der Waals surface area contributed by atoms with E-state index in [1.807, 2.05) is 0 Å². The summed E-state index contributed by atoms with van der Waals surface area (Å²) in [6.45, 7) is 2.85. The number of nitrogens with one attached hydrogen (secondary N) is 2. The van der Waals surface area contributed by atoms with Crippen LogP contribution < -0.4 is 10.2 Å². The zero-order chi connectivity index (χ0) is 8.97. The van der Waals surface area contributed by atoms with E-state index < -0.39 is 0 Å². The molecule has 1 unspecified atom stereocenters. The van der Waals surface area contributed by atoms with Crippen LogP contribution in [0.1, 0.15) is 12.6 Å². The number of thiazole rings is 1. The number of hydrogen-bond donors (Lipinski definition) is 3. The third-order valence-corrected chi connectivity index (χ3v) is 2.04. The van der Waals surface area contributed by atoms with Crippen LogP contribution >= 0.6 is 11.3 Å². The molecule has 1 aromatic rings. The lowest BCUT2D eigenvalue weighted by atomic mass is 10.4. The molecule has 1 rings (SSSR count). The lowest BCUT2D eigenvalue weighted by molar-refractivity contribution is 0.191. The van der Waals surface area contributed by atoms with Gasteiger partial charge in [0.1, 0.15) is 0 Å². The fraction of sp³-hybridized carbons (Fsp3) is 0.571. The Bertz CT molecular complexity index is 279. The molecule has 4 nitrogen and oxygen atoms in total. The standard InChI is InChI=1S/C7H12N2O2S/c1-5(10)2-8-3-6-4-12-7(11)9-6/h4-5,8,10H,2-3H2,1H3,(H,9,11). The minimum Gasteiger partial charge on any atom is -0.392 e. The minimum atomic E-state index is -0.352. The van der Waals surface area contributed by atoms with Crippen LogP contribution in [0, 0.1) is 0 Å². The topological polar surface area (TPSA) is 65.1 Å². The molecule has 0 radical (unpaired) electrons. The lowest BCUT2D eigenvalue weighted by Gasteiger charge is -2.04. The van der Waals surface area contributed by atoms with Crippen LogP contribution in [0.2, 0.25) is 0 Å². The first-order chi connectivity index (χ1) is 5.68. The molecule has 1 atom stereocenters. The first-order valence-electron chi connectivity index (χ1n) is 3.74. The summed E-state index contributed by atoms with van der Waals surface area (Å²) in [5.74, 6) is 0. The van der Waals surface area contributed by atoms with Gasteiger partial charge in [0, 0.05) is 24.2 Å². The van der Waals surface area contributed by atoms with Crippen LogP contribution in [0.5, 0.6) is 0 Å². The third kappa shape index (κ3) is 3.17. The number of hydrogen-bond acceptors (Lipinski definition) is 4. The Morgan fingerprint density at radius 3 is 3.08 bits per heavy atom. The minimum absolute atomic E-state index is 0.0381. The highest BCUT2D eigenvalue weighted by Crippen LogP contribution is 1.93. The highest BCUT2D eigenvalue weighted by molar-refractivity contribution is 7.07. The number of aromatic amines is 1. The molecule has 0 aromatic carbocycles. The van der Waals surface area contributed by atoms with Gasteiger partial charge in [0.05, 0.1) is 6.10 Å². The molecule has 0 amide bonds. The summed E-state index contributed by atoms with van der Waals surface area (Å²) in [5.41, 5.74) is 0.866. The summed E-state index contributed by atoms with van der Waals surface area (Å²) in [7, 11) is 0. The van der Waals surface area contributed by atoms with Crippen LogP contribution in [0.4, 0.5) is 0 Å². The summed E-state index contributed by atoms with van der Waals surface area (Å²) >= 11 is 1.15. The summed E-state index contributed by atoms with van der Waals surface area (Å²) in [6, 6.07) is 0. The Morgan fingerprint density at radius 2 is 2.58 bits per heavy atom. The molecule has 3 N–H and O–H groups in total. The summed E-state index contributed by atoms with van der Waals surface area (Å²) < 4.78 is 0. The van der Waals surface area contributed by atoms with Crippen molar-refractivity contribution in [3.05, 3.63) is 20.7 Å². The van der Waals surface area contributed by atoms with Crippen LogP contribution in [0.3, 0.4) is 0 Å². The summed E-state index contributed by atoms with van der Waals surface area (Å²) in [4.78, 5) is 13.3. The molecule has 5 heteroatoms. The number of rotatable bonds is 4. The second-order valence-electron chi connectivity index (χ2n) is 2.65. The molecule has 1 heterocycles. The van der Waals surface area contributed by atoms with Crippen molar-refractivity contribution in [1.82, 2.24) is 10.3 Å². The average molecular weight is 188 g/mol. The van der Waals surface area contributed by atoms with Crippen molar-refractivity contribution in [3.8, 4) is 0 Å². The van der Waals surface area contributed by atoms with Gasteiger partial charge >= 0.3 is 4.87 Å². The smallest absolute Gasteiger partial charge is 0.304 e. The van der Waals surface area contributed by atoms with Gasteiger partial charge in [-0.3, -0.25) is 4.79 Å². The molecule has 0 saturated heterocycles. The zero-order valence-electron chi connectivity index (χ0n) is 6.83. The zero-order valence-corrected chi connectivity index (χ0v) is 7.65. The molecule has 0 fully saturated rings. The maximum absolute atomic E-state index is 10.7. The molecule has 0 aliphatic rings. The first kappa shape index (κ1) is 9.44. The molecule has 68 valence electrons. The van der Waals surface area contributed by atoms with E-state index >= 15 is 0 Å². The van der Waals surface area contributed by atoms with Gasteiger partial charge in [-0.15, -0.1) is 0 Å². The van der Waals surface area contributed by atoms with Crippen LogP contribution in [-0.4, -0.2) is 22.7 Å². The quantitative estimate of drug-likeness (QED) is 0.618. The predicted molar refractivity (Wildman–Crippen MR) is 48.3 cm³/mol. The number of H-pyrrole nitrogens is 1. The first-order valence-corrected chi connectivity index (χ1v) is 4.62. The van der Waals surface area contributed by atoms with E-state index in [4.69, 9.17) is 5.11 Å². The van der Waals surface area contributed by atoms with Gasteiger partial charge in [-0.25, -0.2) is 0 Å². The van der Waals surface area contributed by atoms with Gasteiger partial charge in [-0.1, -0.05) is 11.3 Å². The molecule has 0 aliphatic carbocycles. The number of aliphatic hydroxyl groups excluding tert-OH is 1. The molecular weight excluding hydrogens is 176 g/mol. The fourth-order valence-corrected chi connectivity index (χ4v) is 1.40. The van der Waals surface area contributed by atoms with E-state index in [0.717, 1.165) is 17.0 Å². The molecular formula is C7H12N2O2S. The number of aromatic nitrogens is 1. The van der Waals surface area contributed by atoms with E-state index in [9.17, 15) is 4.79 Å². The van der Waals surface area contributed by atoms with E-state index in [1.54, 1.807) is 12.3 Å². The maximum Gasteiger partial charge on any atom is 0.304 e. The lowest BCUT2D eigenvalue weighted by Crippen LogP contribution is -2.24. The van der Waals surface area contributed by atoms with Gasteiger partial charge in [0.25, 0.3) is 0 Å². The van der Waals surface area contributed by atoms with E-state index in [1.165, 1.54) is 0 Å². The van der Waals surface area contributed by atoms with Crippen molar-refractivity contribution < 1.29 is 5.11 Å². The molecule has 0 bridgehead atoms. The third-order valence-electron chi connectivity index (χ3n) is 1.33. The van der Waals surface area contributed by atoms with Gasteiger partial charge in [0.15, 0.2) is 0 Å². The van der Waals surface area contributed by atoms with Gasteiger partial charge in [-0.05, 0) is 6.92 Å². The Labute approximate surface area is 74.3 Å². The van der Waals surface area contributed by atoms with Crippen molar-refractivity contribution in [3.63, 3.8) is 0 Å². The van der Waals surface area contributed by atoms with Crippen molar-refractivity contribution in [2.75, 3.05) is 6.54 Å². The second-order valence-corrected chi connectivity index (χ2v) is 3.50. The van der Waals surface area contributed by atoms with Crippen molar-refractivity contribution in [2.24, 2.45) is 0 Å². The molecule has 0 aliphatic heterocycles. The Balaban J connectivity index is 2.29. The number of aliphatic hydroxyl groups is 1. The van der Waals surface area contributed by atoms with Gasteiger partial charge in [-0.2, -0.15) is 0 Å². The van der Waals surface area contributed by atoms with E-state index in [-0.39, 0.29) is 11.0 Å². The van der Waals surface area contributed by atoms with Crippen LogP contribution in [0.25, 0.3) is 0 Å². The Kier molecular flexibility index (Phi) is 3.46. The monoisotopic (exact) mass is 188 g/mol. The van der Waals surface area contributed by atoms with E-state index in [2.05, 4.69) is 10.3 Å². The summed E-state index contributed by atoms with van der Waals surface area (Å²) in [5, 5.41) is 13.7. The SMILES string of the molecule is CC(O)CNCc1csc(=O)[nH]1. The second kappa shape index (κ2) is 4.39. The maximum atomic E-state index is 10.7. The highest BCUT2D eigenvalue weighted by atomic mass is 32.1. The predicted octanol–water partition coefficient (Wildman–Crippen LogP) is -0.0932. The van der Waals surface area contributed by atoms with Crippen molar-refractivity contribution in [2.45, 2.75) is 19.6 Å². The summed E-state index contributed by atoms with van der Waals surface area (Å²) in [6.07, 6.45) is -0.352. The Hall–Kier alpha value is -0.650. The molecule has 0 spiro atoms. The van der Waals surface area contributed by atoms with E-state index in [0.29, 0.717) is 13.1 Å². The van der Waals surface area contributed by atoms with Gasteiger partial charge in [0.2, 0.25) is 0 Å². The largest absolute Gasteiger partial charge is 0.392 e. The Morgan fingerprint density at radius 1 is 1.83 bits per heavy atom. The molecule has 12 heavy (non-hydrogen) atoms. The van der Waals surface area contributed by atoms with Crippen LogP contribution in [0.15, 0.2) is 10.2 Å². The normalized spacial score (nSPS) is 13.2. The van der Waals surface area contributed by atoms with Crippen molar-refractivity contribution >= 4 is 11.3 Å². The van der Waals surface area contributed by atoms with Crippen LogP contribution in [-0.2, 0) is 6.54 Å². The molecule has 1 aromatic heterocycles. The van der Waals surface area contributed by atoms with Crippen molar-refractivity contribution in [1.29, 1.82) is 0 Å².